The Balaban J connectivity index is 2.32. The molecule has 0 radical (unpaired) electrons. The smallest absolute Gasteiger partial charge is 0.276 e. The molecule has 1 fully saturated rings. The number of rotatable bonds is 5. The van der Waals surface area contributed by atoms with Crippen molar-refractivity contribution >= 4 is 29.3 Å². The van der Waals surface area contributed by atoms with Gasteiger partial charge in [0, 0.05) is 18.2 Å². The van der Waals surface area contributed by atoms with Crippen LogP contribution in [-0.2, 0) is 4.79 Å². The standard InChI is InChI=1S/C15H18N2O3S/c1-4-7-17-14(18)12(16-15(17)21)8-10-5-6-11(19-2)9-13(10)20-3/h5-6,8-9H,4,7H2,1-3H3,(H,16,21)/b12-8-. The number of nitrogens with zero attached hydrogens (tertiary/aromatic N) is 1. The van der Waals surface area contributed by atoms with E-state index in [0.29, 0.717) is 28.9 Å². The summed E-state index contributed by atoms with van der Waals surface area (Å²) in [4.78, 5) is 13.8. The highest BCUT2D eigenvalue weighted by atomic mass is 32.1. The molecule has 0 unspecified atom stereocenters. The van der Waals surface area contributed by atoms with Crippen LogP contribution >= 0.6 is 12.2 Å². The summed E-state index contributed by atoms with van der Waals surface area (Å²) in [5.74, 6) is 1.22. The molecule has 6 heteroatoms. The quantitative estimate of drug-likeness (QED) is 0.667. The maximum atomic E-state index is 12.3. The molecule has 1 aliphatic heterocycles. The van der Waals surface area contributed by atoms with Crippen molar-refractivity contribution in [3.63, 3.8) is 0 Å². The number of hydrogen-bond acceptors (Lipinski definition) is 4. The molecule has 1 heterocycles. The molecule has 1 aliphatic rings. The van der Waals surface area contributed by atoms with Crippen molar-refractivity contribution in [3.05, 3.63) is 29.5 Å². The molecule has 5 nitrogen and oxygen atoms in total. The second-order valence-corrected chi connectivity index (χ2v) is 4.94. The fraction of sp³-hybridized carbons (Fsp3) is 0.333. The van der Waals surface area contributed by atoms with E-state index in [2.05, 4.69) is 5.32 Å². The van der Waals surface area contributed by atoms with E-state index in [1.165, 1.54) is 0 Å². The van der Waals surface area contributed by atoms with E-state index in [9.17, 15) is 4.79 Å². The predicted molar refractivity (Wildman–Crippen MR) is 85.3 cm³/mol. The van der Waals surface area contributed by atoms with E-state index in [4.69, 9.17) is 21.7 Å². The number of methoxy groups -OCH3 is 2. The normalized spacial score (nSPS) is 16.3. The van der Waals surface area contributed by atoms with Gasteiger partial charge < -0.3 is 14.8 Å². The Labute approximate surface area is 129 Å². The van der Waals surface area contributed by atoms with Gasteiger partial charge in [-0.25, -0.2) is 0 Å². The van der Waals surface area contributed by atoms with Gasteiger partial charge in [0.25, 0.3) is 5.91 Å². The summed E-state index contributed by atoms with van der Waals surface area (Å²) in [6.07, 6.45) is 2.59. The van der Waals surface area contributed by atoms with Crippen molar-refractivity contribution in [2.24, 2.45) is 0 Å². The number of hydrogen-bond donors (Lipinski definition) is 1. The van der Waals surface area contributed by atoms with Gasteiger partial charge in [0.1, 0.15) is 17.2 Å². The molecule has 0 aromatic heterocycles. The molecule has 1 aromatic rings. The van der Waals surface area contributed by atoms with E-state index in [1.54, 1.807) is 31.3 Å². The van der Waals surface area contributed by atoms with Gasteiger partial charge in [0.2, 0.25) is 0 Å². The molecule has 1 amide bonds. The topological polar surface area (TPSA) is 50.8 Å². The number of thiocarbonyl (C=S) groups is 1. The Morgan fingerprint density at radius 2 is 2.10 bits per heavy atom. The molecule has 0 saturated carbocycles. The lowest BCUT2D eigenvalue weighted by Crippen LogP contribution is -2.31. The van der Waals surface area contributed by atoms with Gasteiger partial charge in [-0.15, -0.1) is 0 Å². The number of carbonyl (C=O) groups excluding carboxylic acids is 1. The zero-order chi connectivity index (χ0) is 15.4. The molecule has 1 aromatic carbocycles. The number of benzene rings is 1. The summed E-state index contributed by atoms with van der Waals surface area (Å²) in [7, 11) is 3.17. The molecule has 0 bridgehead atoms. The number of carbonyl (C=O) groups is 1. The first-order chi connectivity index (χ1) is 10.1. The van der Waals surface area contributed by atoms with E-state index >= 15 is 0 Å². The molecule has 1 saturated heterocycles. The molecule has 2 rings (SSSR count). The second-order valence-electron chi connectivity index (χ2n) is 4.55. The van der Waals surface area contributed by atoms with Crippen LogP contribution in [0, 0.1) is 0 Å². The Bertz CT molecular complexity index is 599. The summed E-state index contributed by atoms with van der Waals surface area (Å²) in [6.45, 7) is 2.62. The number of amides is 1. The number of ether oxygens (including phenoxy) is 2. The lowest BCUT2D eigenvalue weighted by molar-refractivity contribution is -0.122. The Morgan fingerprint density at radius 1 is 1.33 bits per heavy atom. The van der Waals surface area contributed by atoms with E-state index < -0.39 is 0 Å². The molecule has 0 atom stereocenters. The van der Waals surface area contributed by atoms with Gasteiger partial charge in [0.05, 0.1) is 14.2 Å². The average molecular weight is 306 g/mol. The first-order valence-corrected chi connectivity index (χ1v) is 7.08. The molecular weight excluding hydrogens is 288 g/mol. The molecular formula is C15H18N2O3S. The molecule has 1 N–H and O–H groups in total. The predicted octanol–water partition coefficient (Wildman–Crippen LogP) is 2.17. The first kappa shape index (κ1) is 15.3. The molecule has 0 spiro atoms. The Morgan fingerprint density at radius 3 is 2.71 bits per heavy atom. The highest BCUT2D eigenvalue weighted by molar-refractivity contribution is 7.80. The molecule has 0 aliphatic carbocycles. The van der Waals surface area contributed by atoms with Crippen LogP contribution in [0.15, 0.2) is 23.9 Å². The minimum atomic E-state index is -0.111. The van der Waals surface area contributed by atoms with E-state index in [-0.39, 0.29) is 5.91 Å². The maximum Gasteiger partial charge on any atom is 0.276 e. The maximum absolute atomic E-state index is 12.3. The summed E-state index contributed by atoms with van der Waals surface area (Å²) in [5.41, 5.74) is 1.24. The van der Waals surface area contributed by atoms with E-state index in [0.717, 1.165) is 12.0 Å². The first-order valence-electron chi connectivity index (χ1n) is 6.67. The van der Waals surface area contributed by atoms with Gasteiger partial charge in [-0.05, 0) is 36.8 Å². The SMILES string of the molecule is CCCN1C(=O)/C(=C/c2ccc(OC)cc2OC)NC1=S. The van der Waals surface area contributed by atoms with Crippen molar-refractivity contribution in [1.82, 2.24) is 10.2 Å². The van der Waals surface area contributed by atoms with E-state index in [1.807, 2.05) is 19.1 Å². The van der Waals surface area contributed by atoms with Gasteiger partial charge in [-0.3, -0.25) is 9.69 Å². The fourth-order valence-electron chi connectivity index (χ4n) is 2.09. The minimum absolute atomic E-state index is 0.111. The second kappa shape index (κ2) is 6.58. The van der Waals surface area contributed by atoms with Crippen molar-refractivity contribution in [2.45, 2.75) is 13.3 Å². The summed E-state index contributed by atoms with van der Waals surface area (Å²) in [6, 6.07) is 5.43. The van der Waals surface area contributed by atoms with Crippen LogP contribution in [0.2, 0.25) is 0 Å². The lowest BCUT2D eigenvalue weighted by Gasteiger charge is -2.11. The average Bonchev–Trinajstić information content (AvgIpc) is 2.75. The van der Waals surface area contributed by atoms with Crippen LogP contribution in [0.5, 0.6) is 11.5 Å². The van der Waals surface area contributed by atoms with Crippen LogP contribution in [0.3, 0.4) is 0 Å². The monoisotopic (exact) mass is 306 g/mol. The van der Waals surface area contributed by atoms with Crippen molar-refractivity contribution in [1.29, 1.82) is 0 Å². The third-order valence-electron chi connectivity index (χ3n) is 3.15. The third kappa shape index (κ3) is 3.16. The zero-order valence-electron chi connectivity index (χ0n) is 12.3. The third-order valence-corrected chi connectivity index (χ3v) is 3.47. The van der Waals surface area contributed by atoms with Crippen molar-refractivity contribution in [2.75, 3.05) is 20.8 Å². The lowest BCUT2D eigenvalue weighted by atomic mass is 10.1. The van der Waals surface area contributed by atoms with Crippen LogP contribution in [0.25, 0.3) is 6.08 Å². The van der Waals surface area contributed by atoms with Crippen LogP contribution in [0.4, 0.5) is 0 Å². The van der Waals surface area contributed by atoms with Crippen LogP contribution < -0.4 is 14.8 Å². The Kier molecular flexibility index (Phi) is 4.80. The van der Waals surface area contributed by atoms with Gasteiger partial charge in [0.15, 0.2) is 5.11 Å². The summed E-state index contributed by atoms with van der Waals surface area (Å²) >= 11 is 5.18. The van der Waals surface area contributed by atoms with Gasteiger partial charge in [-0.1, -0.05) is 6.92 Å². The largest absolute Gasteiger partial charge is 0.497 e. The van der Waals surface area contributed by atoms with Gasteiger partial charge in [-0.2, -0.15) is 0 Å². The highest BCUT2D eigenvalue weighted by Crippen LogP contribution is 2.27. The Hall–Kier alpha value is -2.08. The molecule has 112 valence electrons. The zero-order valence-corrected chi connectivity index (χ0v) is 13.1. The van der Waals surface area contributed by atoms with Crippen LogP contribution in [0.1, 0.15) is 18.9 Å². The highest BCUT2D eigenvalue weighted by Gasteiger charge is 2.29. The van der Waals surface area contributed by atoms with Crippen LogP contribution in [-0.4, -0.2) is 36.7 Å². The number of nitrogens with one attached hydrogen (secondary N) is 1. The molecule has 21 heavy (non-hydrogen) atoms. The summed E-state index contributed by atoms with van der Waals surface area (Å²) in [5, 5.41) is 3.39. The van der Waals surface area contributed by atoms with Gasteiger partial charge >= 0.3 is 0 Å². The van der Waals surface area contributed by atoms with Crippen molar-refractivity contribution < 1.29 is 14.3 Å². The summed E-state index contributed by atoms with van der Waals surface area (Å²) < 4.78 is 10.5. The fourth-order valence-corrected chi connectivity index (χ4v) is 2.38. The van der Waals surface area contributed by atoms with Crippen molar-refractivity contribution in [3.8, 4) is 11.5 Å². The minimum Gasteiger partial charge on any atom is -0.497 e.